The molecule has 0 aromatic heterocycles. The molecule has 1 heteroatoms. The Kier molecular flexibility index (Phi) is 16.9. The van der Waals surface area contributed by atoms with Crippen molar-refractivity contribution in [3.8, 4) is 0 Å². The van der Waals surface area contributed by atoms with Crippen LogP contribution >= 0.6 is 0 Å². The van der Waals surface area contributed by atoms with Crippen LogP contribution in [0.3, 0.4) is 0 Å². The molecule has 2 rings (SSSR count). The van der Waals surface area contributed by atoms with Crippen molar-refractivity contribution < 1.29 is 4.39 Å². The second-order valence-corrected chi connectivity index (χ2v) is 3.82. The molecule has 0 saturated carbocycles. The Morgan fingerprint density at radius 1 is 0.667 bits per heavy atom. The highest BCUT2D eigenvalue weighted by Crippen LogP contribution is 2.02. The Hall–Kier alpha value is -1.63. The molecule has 0 aliphatic carbocycles. The molecule has 0 amide bonds. The third kappa shape index (κ3) is 11.9. The van der Waals surface area contributed by atoms with E-state index in [-0.39, 0.29) is 5.82 Å². The third-order valence-electron chi connectivity index (χ3n) is 2.55. The maximum absolute atomic E-state index is 12.4. The van der Waals surface area contributed by atoms with Gasteiger partial charge < -0.3 is 0 Å². The summed E-state index contributed by atoms with van der Waals surface area (Å²) in [5, 5.41) is 0. The van der Waals surface area contributed by atoms with E-state index in [2.05, 4.69) is 31.2 Å². The second kappa shape index (κ2) is 16.4. The molecule has 0 aliphatic heterocycles. The van der Waals surface area contributed by atoms with E-state index in [0.29, 0.717) is 0 Å². The van der Waals surface area contributed by atoms with Crippen molar-refractivity contribution in [2.45, 2.75) is 54.4 Å². The molecular weight excluding hydrogens is 259 g/mol. The van der Waals surface area contributed by atoms with Gasteiger partial charge in [-0.25, -0.2) is 4.39 Å². The topological polar surface area (TPSA) is 0 Å². The van der Waals surface area contributed by atoms with Gasteiger partial charge in [-0.1, -0.05) is 84.0 Å². The van der Waals surface area contributed by atoms with Gasteiger partial charge in [-0.3, -0.25) is 0 Å². The van der Waals surface area contributed by atoms with Crippen molar-refractivity contribution >= 4 is 0 Å². The van der Waals surface area contributed by atoms with Gasteiger partial charge in [0.1, 0.15) is 5.82 Å². The van der Waals surface area contributed by atoms with Crippen LogP contribution in [0.2, 0.25) is 0 Å². The van der Waals surface area contributed by atoms with Gasteiger partial charge in [0.25, 0.3) is 0 Å². The van der Waals surface area contributed by atoms with Crippen LogP contribution in [0.5, 0.6) is 0 Å². The van der Waals surface area contributed by atoms with Crippen molar-refractivity contribution in [2.75, 3.05) is 0 Å². The predicted octanol–water partition coefficient (Wildman–Crippen LogP) is 6.69. The minimum atomic E-state index is -0.144. The van der Waals surface area contributed by atoms with Crippen molar-refractivity contribution in [3.05, 3.63) is 71.5 Å². The summed E-state index contributed by atoms with van der Waals surface area (Å²) in [6, 6.07) is 17.1. The Balaban J connectivity index is 0. The lowest BCUT2D eigenvalue weighted by Gasteiger charge is -1.92. The van der Waals surface area contributed by atoms with Crippen LogP contribution < -0.4 is 0 Å². The first-order valence-corrected chi connectivity index (χ1v) is 8.04. The van der Waals surface area contributed by atoms with Crippen molar-refractivity contribution in [2.24, 2.45) is 0 Å². The number of aryl methyl sites for hydroxylation is 2. The van der Waals surface area contributed by atoms with Crippen LogP contribution in [0.1, 0.15) is 52.7 Å². The predicted molar refractivity (Wildman–Crippen MR) is 94.3 cm³/mol. The lowest BCUT2D eigenvalue weighted by Crippen LogP contribution is -1.79. The number of rotatable bonds is 2. The van der Waals surface area contributed by atoms with Crippen LogP contribution in [-0.2, 0) is 12.8 Å². The summed E-state index contributed by atoms with van der Waals surface area (Å²) in [6.45, 7) is 12.2. The molecular formula is C20H31F. The maximum atomic E-state index is 12.4. The monoisotopic (exact) mass is 290 g/mol. The minimum absolute atomic E-state index is 0.144. The van der Waals surface area contributed by atoms with Crippen molar-refractivity contribution in [1.29, 1.82) is 0 Å². The van der Waals surface area contributed by atoms with Crippen LogP contribution in [-0.4, -0.2) is 0 Å². The molecule has 2 aromatic rings. The quantitative estimate of drug-likeness (QED) is 0.578. The fourth-order valence-corrected chi connectivity index (χ4v) is 1.47. The highest BCUT2D eigenvalue weighted by molar-refractivity contribution is 5.15. The Bertz CT molecular complexity index is 421. The molecule has 0 atom stereocenters. The van der Waals surface area contributed by atoms with Gasteiger partial charge in [0.15, 0.2) is 0 Å². The highest BCUT2D eigenvalue weighted by Gasteiger charge is 1.89. The fraction of sp³-hybridized carbons (Fsp3) is 0.400. The Morgan fingerprint density at radius 3 is 1.48 bits per heavy atom. The Morgan fingerprint density at radius 2 is 1.14 bits per heavy atom. The summed E-state index contributed by atoms with van der Waals surface area (Å²) in [6.07, 6.45) is 2.04. The van der Waals surface area contributed by atoms with E-state index < -0.39 is 0 Å². The number of hydrogen-bond acceptors (Lipinski definition) is 0. The van der Waals surface area contributed by atoms with Crippen LogP contribution in [0, 0.1) is 5.82 Å². The molecule has 21 heavy (non-hydrogen) atoms. The summed E-state index contributed by atoms with van der Waals surface area (Å²) in [7, 11) is 0. The molecule has 0 spiro atoms. The van der Waals surface area contributed by atoms with E-state index in [1.54, 1.807) is 12.1 Å². The molecule has 0 N–H and O–H groups in total. The lowest BCUT2D eigenvalue weighted by molar-refractivity contribution is 0.625. The largest absolute Gasteiger partial charge is 0.207 e. The van der Waals surface area contributed by atoms with Gasteiger partial charge >= 0.3 is 0 Å². The lowest BCUT2D eigenvalue weighted by atomic mass is 10.2. The average Bonchev–Trinajstić information content (AvgIpc) is 2.59. The Labute approximate surface area is 131 Å². The van der Waals surface area contributed by atoms with Crippen molar-refractivity contribution in [1.82, 2.24) is 0 Å². The second-order valence-electron chi connectivity index (χ2n) is 3.82. The van der Waals surface area contributed by atoms with Crippen LogP contribution in [0.25, 0.3) is 0 Å². The first-order chi connectivity index (χ1) is 10.3. The van der Waals surface area contributed by atoms with E-state index in [9.17, 15) is 4.39 Å². The standard InChI is InChI=1S/C8H9F.C8H10.2C2H6/c1-2-7-4-3-5-8(9)6-7;1-2-8-6-4-3-5-7-8;2*1-2/h3-6H,2H2,1H3;3-7H,2H2,1H3;2*1-2H3. The first-order valence-electron chi connectivity index (χ1n) is 8.04. The summed E-state index contributed by atoms with van der Waals surface area (Å²) < 4.78 is 12.4. The molecule has 0 radical (unpaired) electrons. The molecule has 0 heterocycles. The fourth-order valence-electron chi connectivity index (χ4n) is 1.47. The molecule has 0 unspecified atom stereocenters. The van der Waals surface area contributed by atoms with E-state index in [1.165, 1.54) is 11.6 Å². The molecule has 118 valence electrons. The van der Waals surface area contributed by atoms with Gasteiger partial charge in [0, 0.05) is 0 Å². The SMILES string of the molecule is CC.CC.CCc1cccc(F)c1.CCc1ccccc1. The maximum Gasteiger partial charge on any atom is 0.123 e. The molecule has 0 bridgehead atoms. The molecule has 0 aliphatic rings. The summed E-state index contributed by atoms with van der Waals surface area (Å²) in [4.78, 5) is 0. The zero-order valence-electron chi connectivity index (χ0n) is 14.5. The average molecular weight is 290 g/mol. The van der Waals surface area contributed by atoms with Gasteiger partial charge in [0.2, 0.25) is 0 Å². The molecule has 2 aromatic carbocycles. The molecule has 0 fully saturated rings. The van der Waals surface area contributed by atoms with Crippen LogP contribution in [0.4, 0.5) is 4.39 Å². The molecule has 0 saturated heterocycles. The normalized spacial score (nSPS) is 8.14. The van der Waals surface area contributed by atoms with E-state index in [0.717, 1.165) is 18.4 Å². The van der Waals surface area contributed by atoms with Gasteiger partial charge in [0.05, 0.1) is 0 Å². The summed E-state index contributed by atoms with van der Waals surface area (Å²) >= 11 is 0. The van der Waals surface area contributed by atoms with Gasteiger partial charge in [-0.05, 0) is 36.1 Å². The number of halogens is 1. The first kappa shape index (κ1) is 21.7. The van der Waals surface area contributed by atoms with E-state index in [1.807, 2.05) is 46.8 Å². The van der Waals surface area contributed by atoms with E-state index >= 15 is 0 Å². The van der Waals surface area contributed by atoms with Gasteiger partial charge in [-0.15, -0.1) is 0 Å². The third-order valence-corrected chi connectivity index (χ3v) is 2.55. The highest BCUT2D eigenvalue weighted by atomic mass is 19.1. The zero-order valence-corrected chi connectivity index (χ0v) is 14.5. The summed E-state index contributed by atoms with van der Waals surface area (Å²) in [5.74, 6) is -0.144. The molecule has 0 nitrogen and oxygen atoms in total. The van der Waals surface area contributed by atoms with Crippen molar-refractivity contribution in [3.63, 3.8) is 0 Å². The zero-order chi connectivity index (χ0) is 16.5. The smallest absolute Gasteiger partial charge is 0.123 e. The number of benzene rings is 2. The minimum Gasteiger partial charge on any atom is -0.207 e. The van der Waals surface area contributed by atoms with E-state index in [4.69, 9.17) is 0 Å². The van der Waals surface area contributed by atoms with Gasteiger partial charge in [-0.2, -0.15) is 0 Å². The summed E-state index contributed by atoms with van der Waals surface area (Å²) in [5.41, 5.74) is 2.46. The number of hydrogen-bond donors (Lipinski definition) is 0. The van der Waals surface area contributed by atoms with Crippen LogP contribution in [0.15, 0.2) is 54.6 Å².